The van der Waals surface area contributed by atoms with E-state index in [4.69, 9.17) is 10.5 Å². The molecule has 1 fully saturated rings. The van der Waals surface area contributed by atoms with E-state index in [0.29, 0.717) is 24.1 Å². The largest absolute Gasteiger partial charge is 0.507 e. The van der Waals surface area contributed by atoms with Crippen LogP contribution in [-0.2, 0) is 0 Å². The van der Waals surface area contributed by atoms with Crippen molar-refractivity contribution in [1.29, 1.82) is 0 Å². The molecule has 3 atom stereocenters. The molecule has 0 bridgehead atoms. The molecule has 1 saturated heterocycles. The molecular weight excluding hydrogens is 252 g/mol. The highest BCUT2D eigenvalue weighted by atomic mass is 16.5. The predicted molar refractivity (Wildman–Crippen MR) is 81.0 cm³/mol. The van der Waals surface area contributed by atoms with Gasteiger partial charge in [-0.2, -0.15) is 0 Å². The summed E-state index contributed by atoms with van der Waals surface area (Å²) in [6, 6.07) is 5.55. The third kappa shape index (κ3) is 3.25. The van der Waals surface area contributed by atoms with E-state index >= 15 is 0 Å². The molecular formula is C16H26N2O2. The van der Waals surface area contributed by atoms with Gasteiger partial charge in [-0.25, -0.2) is 0 Å². The number of phenols is 1. The van der Waals surface area contributed by atoms with Crippen molar-refractivity contribution in [2.75, 3.05) is 26.7 Å². The second-order valence-electron chi connectivity index (χ2n) is 6.08. The predicted octanol–water partition coefficient (Wildman–Crippen LogP) is 2.38. The lowest BCUT2D eigenvalue weighted by molar-refractivity contribution is 0.0971. The summed E-state index contributed by atoms with van der Waals surface area (Å²) in [5.74, 6) is 2.29. The van der Waals surface area contributed by atoms with Gasteiger partial charge >= 0.3 is 0 Å². The van der Waals surface area contributed by atoms with Gasteiger partial charge in [-0.1, -0.05) is 19.9 Å². The smallest absolute Gasteiger partial charge is 0.124 e. The average Bonchev–Trinajstić information content (AvgIpc) is 2.40. The molecule has 1 aromatic carbocycles. The summed E-state index contributed by atoms with van der Waals surface area (Å²) in [6.45, 7) is 7.16. The average molecular weight is 278 g/mol. The van der Waals surface area contributed by atoms with Crippen LogP contribution in [0.2, 0.25) is 0 Å². The first-order valence-corrected chi connectivity index (χ1v) is 7.36. The molecule has 4 heteroatoms. The first-order valence-electron chi connectivity index (χ1n) is 7.36. The highest BCUT2D eigenvalue weighted by Crippen LogP contribution is 2.34. The summed E-state index contributed by atoms with van der Waals surface area (Å²) in [4.78, 5) is 2.40. The second kappa shape index (κ2) is 6.46. The zero-order valence-electron chi connectivity index (χ0n) is 12.7. The summed E-state index contributed by atoms with van der Waals surface area (Å²) < 4.78 is 5.14. The number of hydrogen-bond acceptors (Lipinski definition) is 4. The van der Waals surface area contributed by atoms with Crippen LogP contribution in [-0.4, -0.2) is 36.8 Å². The number of nitrogens with zero attached hydrogens (tertiary/aromatic N) is 1. The van der Waals surface area contributed by atoms with Crippen molar-refractivity contribution in [2.24, 2.45) is 17.6 Å². The third-order valence-corrected chi connectivity index (χ3v) is 4.16. The number of likely N-dealkylation sites (tertiary alicyclic amines) is 1. The number of phenolic OH excluding ortho intramolecular Hbond substituents is 1. The van der Waals surface area contributed by atoms with Gasteiger partial charge in [0.25, 0.3) is 0 Å². The molecule has 0 aliphatic carbocycles. The minimum absolute atomic E-state index is 0.0751. The molecule has 112 valence electrons. The first kappa shape index (κ1) is 15.1. The lowest BCUT2D eigenvalue weighted by atomic mass is 9.89. The van der Waals surface area contributed by atoms with Gasteiger partial charge in [0.15, 0.2) is 0 Å². The maximum Gasteiger partial charge on any atom is 0.124 e. The summed E-state index contributed by atoms with van der Waals surface area (Å²) in [7, 11) is 1.60. The fourth-order valence-corrected chi connectivity index (χ4v) is 3.37. The molecule has 1 heterocycles. The van der Waals surface area contributed by atoms with Crippen molar-refractivity contribution in [3.63, 3.8) is 0 Å². The van der Waals surface area contributed by atoms with Crippen molar-refractivity contribution in [3.05, 3.63) is 23.8 Å². The van der Waals surface area contributed by atoms with Crippen LogP contribution < -0.4 is 10.5 Å². The number of piperidine rings is 1. The standard InChI is InChI=1S/C16H26N2O2/c1-11-6-12(2)10-18(9-11)15(8-17)14-5-4-13(20-3)7-16(14)19/h4-5,7,11-12,15,19H,6,8-10,17H2,1-3H3. The van der Waals surface area contributed by atoms with E-state index in [9.17, 15) is 5.11 Å². The van der Waals surface area contributed by atoms with E-state index in [1.807, 2.05) is 12.1 Å². The monoisotopic (exact) mass is 278 g/mol. The Hall–Kier alpha value is -1.26. The number of benzene rings is 1. The SMILES string of the molecule is COc1ccc(C(CN)N2CC(C)CC(C)C2)c(O)c1. The Morgan fingerprint density at radius 3 is 2.50 bits per heavy atom. The Labute approximate surface area is 121 Å². The van der Waals surface area contributed by atoms with E-state index < -0.39 is 0 Å². The molecule has 4 nitrogen and oxygen atoms in total. The van der Waals surface area contributed by atoms with Crippen molar-refractivity contribution < 1.29 is 9.84 Å². The van der Waals surface area contributed by atoms with E-state index in [-0.39, 0.29) is 11.8 Å². The number of hydrogen-bond donors (Lipinski definition) is 2. The molecule has 0 amide bonds. The molecule has 1 aliphatic rings. The van der Waals surface area contributed by atoms with Crippen LogP contribution >= 0.6 is 0 Å². The molecule has 3 unspecified atom stereocenters. The Balaban J connectivity index is 2.23. The number of nitrogens with two attached hydrogens (primary N) is 1. The van der Waals surface area contributed by atoms with Gasteiger partial charge in [-0.15, -0.1) is 0 Å². The fourth-order valence-electron chi connectivity index (χ4n) is 3.37. The van der Waals surface area contributed by atoms with Crippen molar-refractivity contribution >= 4 is 0 Å². The number of methoxy groups -OCH3 is 1. The quantitative estimate of drug-likeness (QED) is 0.888. The third-order valence-electron chi connectivity index (χ3n) is 4.16. The van der Waals surface area contributed by atoms with E-state index in [0.717, 1.165) is 18.7 Å². The number of aromatic hydroxyl groups is 1. The summed E-state index contributed by atoms with van der Waals surface area (Å²) in [6.07, 6.45) is 1.27. The molecule has 0 aromatic heterocycles. The highest BCUT2D eigenvalue weighted by molar-refractivity contribution is 5.41. The Kier molecular flexibility index (Phi) is 4.89. The zero-order chi connectivity index (χ0) is 14.7. The molecule has 0 spiro atoms. The number of rotatable bonds is 4. The van der Waals surface area contributed by atoms with Crippen LogP contribution in [0.4, 0.5) is 0 Å². The van der Waals surface area contributed by atoms with Crippen LogP contribution in [0.3, 0.4) is 0 Å². The van der Waals surface area contributed by atoms with Gasteiger partial charge in [-0.05, 0) is 24.3 Å². The van der Waals surface area contributed by atoms with Gasteiger partial charge in [0.05, 0.1) is 13.2 Å². The second-order valence-corrected chi connectivity index (χ2v) is 6.08. The van der Waals surface area contributed by atoms with E-state index in [1.165, 1.54) is 6.42 Å². The van der Waals surface area contributed by atoms with Crippen LogP contribution in [0.15, 0.2) is 18.2 Å². The van der Waals surface area contributed by atoms with Gasteiger partial charge in [-0.3, -0.25) is 4.90 Å². The normalized spacial score (nSPS) is 25.4. The van der Waals surface area contributed by atoms with Crippen LogP contribution in [0, 0.1) is 11.8 Å². The van der Waals surface area contributed by atoms with E-state index in [2.05, 4.69) is 18.7 Å². The summed E-state index contributed by atoms with van der Waals surface area (Å²) in [5.41, 5.74) is 6.88. The van der Waals surface area contributed by atoms with Crippen LogP contribution in [0.25, 0.3) is 0 Å². The van der Waals surface area contributed by atoms with Gasteiger partial charge in [0, 0.05) is 31.3 Å². The van der Waals surface area contributed by atoms with Gasteiger partial charge in [0.2, 0.25) is 0 Å². The lowest BCUT2D eigenvalue weighted by Gasteiger charge is -2.40. The Morgan fingerprint density at radius 1 is 1.35 bits per heavy atom. The van der Waals surface area contributed by atoms with Crippen molar-refractivity contribution in [2.45, 2.75) is 26.3 Å². The topological polar surface area (TPSA) is 58.7 Å². The summed E-state index contributed by atoms with van der Waals surface area (Å²) >= 11 is 0. The molecule has 0 radical (unpaired) electrons. The van der Waals surface area contributed by atoms with E-state index in [1.54, 1.807) is 13.2 Å². The minimum atomic E-state index is 0.0751. The number of ether oxygens (including phenoxy) is 1. The van der Waals surface area contributed by atoms with Crippen molar-refractivity contribution in [3.8, 4) is 11.5 Å². The summed E-state index contributed by atoms with van der Waals surface area (Å²) in [5, 5.41) is 10.2. The maximum atomic E-state index is 10.2. The molecule has 1 aliphatic heterocycles. The molecule has 1 aromatic rings. The minimum Gasteiger partial charge on any atom is -0.507 e. The maximum absolute atomic E-state index is 10.2. The first-order chi connectivity index (χ1) is 9.55. The van der Waals surface area contributed by atoms with Crippen LogP contribution in [0.5, 0.6) is 11.5 Å². The highest BCUT2D eigenvalue weighted by Gasteiger charge is 2.29. The van der Waals surface area contributed by atoms with Gasteiger partial charge in [0.1, 0.15) is 11.5 Å². The molecule has 3 N–H and O–H groups in total. The fraction of sp³-hybridized carbons (Fsp3) is 0.625. The Morgan fingerprint density at radius 2 is 2.00 bits per heavy atom. The molecule has 0 saturated carbocycles. The molecule has 20 heavy (non-hydrogen) atoms. The molecule has 2 rings (SSSR count). The Bertz CT molecular complexity index is 440. The lowest BCUT2D eigenvalue weighted by Crippen LogP contribution is -2.43. The van der Waals surface area contributed by atoms with Crippen molar-refractivity contribution in [1.82, 2.24) is 4.90 Å². The van der Waals surface area contributed by atoms with Crippen LogP contribution in [0.1, 0.15) is 31.9 Å². The zero-order valence-corrected chi connectivity index (χ0v) is 12.7. The van der Waals surface area contributed by atoms with Gasteiger partial charge < -0.3 is 15.6 Å².